The van der Waals surface area contributed by atoms with Gasteiger partial charge >= 0.3 is 0 Å². The van der Waals surface area contributed by atoms with Gasteiger partial charge in [0.15, 0.2) is 0 Å². The average Bonchev–Trinajstić information content (AvgIpc) is 2.85. The lowest BCUT2D eigenvalue weighted by Crippen LogP contribution is -2.18. The second kappa shape index (κ2) is 7.87. The van der Waals surface area contributed by atoms with E-state index in [4.69, 9.17) is 20.8 Å². The van der Waals surface area contributed by atoms with E-state index in [1.165, 1.54) is 0 Å². The molecule has 1 aromatic heterocycles. The second-order valence-electron chi connectivity index (χ2n) is 5.31. The molecule has 0 aliphatic rings. The summed E-state index contributed by atoms with van der Waals surface area (Å²) in [4.78, 5) is 0. The molecule has 1 N–H and O–H groups in total. The number of hydrogen-bond acceptors (Lipinski definition) is 3. The van der Waals surface area contributed by atoms with E-state index in [2.05, 4.69) is 35.1 Å². The maximum Gasteiger partial charge on any atom is 0.146 e. The van der Waals surface area contributed by atoms with Gasteiger partial charge in [-0.1, -0.05) is 41.4 Å². The van der Waals surface area contributed by atoms with Crippen molar-refractivity contribution >= 4 is 27.5 Å². The SMILES string of the molecule is CC(C)CNCc1coc(COc2ccc(Br)cc2Cl)c1. The standard InChI is InChI=1S/C16H19BrClNO2/c1-11(2)7-19-8-12-5-14(20-9-12)10-21-16-4-3-13(17)6-15(16)18/h3-6,9,11,19H,7-8,10H2,1-2H3. The van der Waals surface area contributed by atoms with Gasteiger partial charge in [-0.25, -0.2) is 0 Å². The molecule has 0 saturated carbocycles. The van der Waals surface area contributed by atoms with Crippen LogP contribution in [0.4, 0.5) is 0 Å². The van der Waals surface area contributed by atoms with Crippen molar-refractivity contribution in [2.75, 3.05) is 6.54 Å². The van der Waals surface area contributed by atoms with Crippen LogP contribution in [0.3, 0.4) is 0 Å². The summed E-state index contributed by atoms with van der Waals surface area (Å²) in [6.07, 6.45) is 1.76. The summed E-state index contributed by atoms with van der Waals surface area (Å²) in [6, 6.07) is 7.53. The first-order valence-electron chi connectivity index (χ1n) is 6.89. The monoisotopic (exact) mass is 371 g/mol. The van der Waals surface area contributed by atoms with Crippen LogP contribution < -0.4 is 10.1 Å². The highest BCUT2D eigenvalue weighted by Gasteiger charge is 2.06. The van der Waals surface area contributed by atoms with Crippen molar-refractivity contribution in [2.24, 2.45) is 5.92 Å². The van der Waals surface area contributed by atoms with Gasteiger partial charge in [-0.15, -0.1) is 0 Å². The van der Waals surface area contributed by atoms with Crippen molar-refractivity contribution in [2.45, 2.75) is 27.0 Å². The Hall–Kier alpha value is -0.970. The zero-order valence-electron chi connectivity index (χ0n) is 12.2. The third-order valence-corrected chi connectivity index (χ3v) is 3.64. The third-order valence-electron chi connectivity index (χ3n) is 2.85. The molecule has 0 bridgehead atoms. The summed E-state index contributed by atoms with van der Waals surface area (Å²) in [7, 11) is 0. The molecule has 0 radical (unpaired) electrons. The van der Waals surface area contributed by atoms with Crippen LogP contribution in [0.25, 0.3) is 0 Å². The Kier molecular flexibility index (Phi) is 6.15. The number of rotatable bonds is 7. The molecule has 0 aliphatic carbocycles. The van der Waals surface area contributed by atoms with Crippen molar-refractivity contribution in [1.29, 1.82) is 0 Å². The van der Waals surface area contributed by atoms with Gasteiger partial charge in [-0.05, 0) is 36.7 Å². The Morgan fingerprint density at radius 2 is 2.14 bits per heavy atom. The zero-order chi connectivity index (χ0) is 15.2. The molecule has 114 valence electrons. The van der Waals surface area contributed by atoms with E-state index >= 15 is 0 Å². The molecule has 0 unspecified atom stereocenters. The Balaban J connectivity index is 1.85. The lowest BCUT2D eigenvalue weighted by molar-refractivity contribution is 0.270. The first-order valence-corrected chi connectivity index (χ1v) is 8.06. The highest BCUT2D eigenvalue weighted by molar-refractivity contribution is 9.10. The molecule has 0 atom stereocenters. The minimum Gasteiger partial charge on any atom is -0.484 e. The van der Waals surface area contributed by atoms with Gasteiger partial charge in [0.1, 0.15) is 18.1 Å². The van der Waals surface area contributed by atoms with E-state index in [0.29, 0.717) is 23.3 Å². The Morgan fingerprint density at radius 1 is 1.33 bits per heavy atom. The number of furan rings is 1. The van der Waals surface area contributed by atoms with Crippen molar-refractivity contribution in [1.82, 2.24) is 5.32 Å². The van der Waals surface area contributed by atoms with Gasteiger partial charge in [0.2, 0.25) is 0 Å². The van der Waals surface area contributed by atoms with Crippen LogP contribution in [0.5, 0.6) is 5.75 Å². The zero-order valence-corrected chi connectivity index (χ0v) is 14.5. The van der Waals surface area contributed by atoms with Gasteiger partial charge in [0, 0.05) is 16.6 Å². The highest BCUT2D eigenvalue weighted by Crippen LogP contribution is 2.28. The number of hydrogen-bond donors (Lipinski definition) is 1. The summed E-state index contributed by atoms with van der Waals surface area (Å²) in [5.41, 5.74) is 1.12. The van der Waals surface area contributed by atoms with Crippen molar-refractivity contribution in [3.63, 3.8) is 0 Å². The van der Waals surface area contributed by atoms with E-state index in [0.717, 1.165) is 28.9 Å². The van der Waals surface area contributed by atoms with E-state index in [1.807, 2.05) is 18.2 Å². The van der Waals surface area contributed by atoms with Gasteiger partial charge in [-0.3, -0.25) is 0 Å². The Bertz CT molecular complexity index is 583. The Morgan fingerprint density at radius 3 is 2.86 bits per heavy atom. The first-order chi connectivity index (χ1) is 10.0. The number of halogens is 2. The largest absolute Gasteiger partial charge is 0.484 e. The number of benzene rings is 1. The van der Waals surface area contributed by atoms with E-state index in [1.54, 1.807) is 12.3 Å². The smallest absolute Gasteiger partial charge is 0.146 e. The van der Waals surface area contributed by atoms with Crippen molar-refractivity contribution < 1.29 is 9.15 Å². The molecular formula is C16H19BrClNO2. The molecule has 0 spiro atoms. The Labute approximate surface area is 138 Å². The van der Waals surface area contributed by atoms with Crippen molar-refractivity contribution in [3.05, 3.63) is 51.3 Å². The first kappa shape index (κ1) is 16.4. The van der Waals surface area contributed by atoms with Gasteiger partial charge < -0.3 is 14.5 Å². The molecular weight excluding hydrogens is 354 g/mol. The molecule has 1 aromatic carbocycles. The molecule has 5 heteroatoms. The third kappa shape index (κ3) is 5.38. The van der Waals surface area contributed by atoms with Crippen LogP contribution in [0.1, 0.15) is 25.2 Å². The van der Waals surface area contributed by atoms with E-state index in [-0.39, 0.29) is 0 Å². The summed E-state index contributed by atoms with van der Waals surface area (Å²) >= 11 is 9.47. The topological polar surface area (TPSA) is 34.4 Å². The normalized spacial score (nSPS) is 11.1. The molecule has 2 rings (SSSR count). The minimum absolute atomic E-state index is 0.367. The molecule has 2 aromatic rings. The minimum atomic E-state index is 0.367. The average molecular weight is 373 g/mol. The van der Waals surface area contributed by atoms with Gasteiger partial charge in [0.05, 0.1) is 11.3 Å². The molecule has 0 fully saturated rings. The fourth-order valence-corrected chi connectivity index (χ4v) is 2.57. The number of ether oxygens (including phenoxy) is 1. The van der Waals surface area contributed by atoms with E-state index in [9.17, 15) is 0 Å². The van der Waals surface area contributed by atoms with Crippen LogP contribution in [0, 0.1) is 5.92 Å². The van der Waals surface area contributed by atoms with Crippen LogP contribution >= 0.6 is 27.5 Å². The summed E-state index contributed by atoms with van der Waals surface area (Å²) in [5.74, 6) is 2.07. The number of nitrogens with one attached hydrogen (secondary N) is 1. The lowest BCUT2D eigenvalue weighted by Gasteiger charge is -2.06. The van der Waals surface area contributed by atoms with Crippen LogP contribution in [-0.4, -0.2) is 6.54 Å². The summed E-state index contributed by atoms with van der Waals surface area (Å²) in [6.45, 7) is 6.53. The van der Waals surface area contributed by atoms with Crippen LogP contribution in [-0.2, 0) is 13.2 Å². The second-order valence-corrected chi connectivity index (χ2v) is 6.63. The molecule has 0 amide bonds. The summed E-state index contributed by atoms with van der Waals surface area (Å²) < 4.78 is 12.1. The van der Waals surface area contributed by atoms with Crippen molar-refractivity contribution in [3.8, 4) is 5.75 Å². The van der Waals surface area contributed by atoms with E-state index < -0.39 is 0 Å². The van der Waals surface area contributed by atoms with Crippen LogP contribution in [0.2, 0.25) is 5.02 Å². The fraction of sp³-hybridized carbons (Fsp3) is 0.375. The molecule has 1 heterocycles. The molecule has 0 saturated heterocycles. The van der Waals surface area contributed by atoms with Gasteiger partial charge in [0.25, 0.3) is 0 Å². The summed E-state index contributed by atoms with van der Waals surface area (Å²) in [5, 5.41) is 3.95. The maximum atomic E-state index is 6.10. The van der Waals surface area contributed by atoms with Gasteiger partial charge in [-0.2, -0.15) is 0 Å². The lowest BCUT2D eigenvalue weighted by atomic mass is 10.2. The molecule has 3 nitrogen and oxygen atoms in total. The van der Waals surface area contributed by atoms with Crippen LogP contribution in [0.15, 0.2) is 39.4 Å². The maximum absolute atomic E-state index is 6.10. The predicted molar refractivity (Wildman–Crippen MR) is 88.7 cm³/mol. The fourth-order valence-electron chi connectivity index (χ4n) is 1.84. The molecule has 21 heavy (non-hydrogen) atoms. The highest BCUT2D eigenvalue weighted by atomic mass is 79.9. The molecule has 0 aliphatic heterocycles. The predicted octanol–water partition coefficient (Wildman–Crippen LogP) is 5.02. The quantitative estimate of drug-likeness (QED) is 0.741.